The minimum atomic E-state index is 0.216. The van der Waals surface area contributed by atoms with E-state index in [2.05, 4.69) is 17.6 Å². The first-order chi connectivity index (χ1) is 6.72. The van der Waals surface area contributed by atoms with Gasteiger partial charge in [0.25, 0.3) is 0 Å². The molecule has 84 valence electrons. The Hall–Kier alpha value is -0.120. The second-order valence-corrected chi connectivity index (χ2v) is 4.53. The van der Waals surface area contributed by atoms with E-state index < -0.39 is 0 Å². The van der Waals surface area contributed by atoms with Gasteiger partial charge in [-0.25, -0.2) is 0 Å². The summed E-state index contributed by atoms with van der Waals surface area (Å²) >= 11 is 0. The summed E-state index contributed by atoms with van der Waals surface area (Å²) in [4.78, 5) is 0. The highest BCUT2D eigenvalue weighted by molar-refractivity contribution is 4.78. The van der Waals surface area contributed by atoms with E-state index in [0.717, 1.165) is 0 Å². The molecule has 0 spiro atoms. The van der Waals surface area contributed by atoms with E-state index in [-0.39, 0.29) is 12.6 Å². The SMILES string of the molecule is CC(CC1CCCCN1)N[C@H](C)CO. The van der Waals surface area contributed by atoms with Crippen LogP contribution < -0.4 is 10.6 Å². The van der Waals surface area contributed by atoms with E-state index >= 15 is 0 Å². The number of hydrogen-bond acceptors (Lipinski definition) is 3. The molecule has 3 N–H and O–H groups in total. The van der Waals surface area contributed by atoms with Crippen LogP contribution in [0.3, 0.4) is 0 Å². The first-order valence-electron chi connectivity index (χ1n) is 5.82. The summed E-state index contributed by atoms with van der Waals surface area (Å²) < 4.78 is 0. The number of rotatable bonds is 5. The van der Waals surface area contributed by atoms with Gasteiger partial charge in [-0.05, 0) is 39.7 Å². The quantitative estimate of drug-likeness (QED) is 0.617. The molecule has 0 aliphatic carbocycles. The Morgan fingerprint density at radius 3 is 2.71 bits per heavy atom. The topological polar surface area (TPSA) is 44.3 Å². The van der Waals surface area contributed by atoms with Crippen LogP contribution in [0.4, 0.5) is 0 Å². The fourth-order valence-corrected chi connectivity index (χ4v) is 2.16. The molecule has 3 nitrogen and oxygen atoms in total. The Kier molecular flexibility index (Phi) is 5.45. The highest BCUT2D eigenvalue weighted by Crippen LogP contribution is 2.11. The van der Waals surface area contributed by atoms with E-state index in [4.69, 9.17) is 5.11 Å². The lowest BCUT2D eigenvalue weighted by atomic mass is 9.98. The maximum absolute atomic E-state index is 8.91. The predicted octanol–water partition coefficient (Wildman–Crippen LogP) is 0.877. The van der Waals surface area contributed by atoms with Crippen molar-refractivity contribution >= 4 is 0 Å². The maximum Gasteiger partial charge on any atom is 0.0582 e. The van der Waals surface area contributed by atoms with Gasteiger partial charge >= 0.3 is 0 Å². The number of piperidine rings is 1. The first kappa shape index (κ1) is 12.0. The highest BCUT2D eigenvalue weighted by atomic mass is 16.3. The minimum absolute atomic E-state index is 0.216. The lowest BCUT2D eigenvalue weighted by Gasteiger charge is -2.27. The molecule has 1 heterocycles. The van der Waals surface area contributed by atoms with Crippen LogP contribution in [0.5, 0.6) is 0 Å². The molecular weight excluding hydrogens is 176 g/mol. The average Bonchev–Trinajstić information content (AvgIpc) is 2.19. The van der Waals surface area contributed by atoms with Gasteiger partial charge in [-0.1, -0.05) is 6.42 Å². The molecule has 0 amide bonds. The molecule has 0 aromatic carbocycles. The summed E-state index contributed by atoms with van der Waals surface area (Å²) in [5, 5.41) is 15.8. The van der Waals surface area contributed by atoms with E-state index in [1.54, 1.807) is 0 Å². The fraction of sp³-hybridized carbons (Fsp3) is 1.00. The van der Waals surface area contributed by atoms with Crippen molar-refractivity contribution in [1.82, 2.24) is 10.6 Å². The zero-order chi connectivity index (χ0) is 10.4. The van der Waals surface area contributed by atoms with E-state index in [9.17, 15) is 0 Å². The van der Waals surface area contributed by atoms with Crippen molar-refractivity contribution in [2.24, 2.45) is 0 Å². The smallest absolute Gasteiger partial charge is 0.0582 e. The summed E-state index contributed by atoms with van der Waals surface area (Å²) in [6, 6.07) is 1.39. The van der Waals surface area contributed by atoms with Crippen molar-refractivity contribution < 1.29 is 5.11 Å². The Morgan fingerprint density at radius 2 is 2.14 bits per heavy atom. The lowest BCUT2D eigenvalue weighted by Crippen LogP contribution is -2.43. The van der Waals surface area contributed by atoms with Crippen LogP contribution in [0.1, 0.15) is 39.5 Å². The van der Waals surface area contributed by atoms with Gasteiger partial charge in [0.2, 0.25) is 0 Å². The van der Waals surface area contributed by atoms with Gasteiger partial charge in [0.15, 0.2) is 0 Å². The Labute approximate surface area is 87.3 Å². The molecule has 0 aromatic heterocycles. The van der Waals surface area contributed by atoms with Crippen molar-refractivity contribution in [2.75, 3.05) is 13.2 Å². The number of aliphatic hydroxyl groups is 1. The van der Waals surface area contributed by atoms with Crippen LogP contribution in [-0.2, 0) is 0 Å². The van der Waals surface area contributed by atoms with Crippen LogP contribution in [0.2, 0.25) is 0 Å². The fourth-order valence-electron chi connectivity index (χ4n) is 2.16. The molecule has 1 aliphatic rings. The van der Waals surface area contributed by atoms with Crippen molar-refractivity contribution in [3.8, 4) is 0 Å². The van der Waals surface area contributed by atoms with Crippen LogP contribution in [0.25, 0.3) is 0 Å². The third-order valence-electron chi connectivity index (χ3n) is 2.89. The van der Waals surface area contributed by atoms with Gasteiger partial charge in [0.1, 0.15) is 0 Å². The predicted molar refractivity (Wildman–Crippen MR) is 59.4 cm³/mol. The second-order valence-electron chi connectivity index (χ2n) is 4.53. The molecule has 1 saturated heterocycles. The van der Waals surface area contributed by atoms with Gasteiger partial charge in [0, 0.05) is 18.1 Å². The largest absolute Gasteiger partial charge is 0.395 e. The summed E-state index contributed by atoms with van der Waals surface area (Å²) in [7, 11) is 0. The Balaban J connectivity index is 2.14. The van der Waals surface area contributed by atoms with Crippen LogP contribution in [0, 0.1) is 0 Å². The van der Waals surface area contributed by atoms with Crippen LogP contribution in [0.15, 0.2) is 0 Å². The van der Waals surface area contributed by atoms with Gasteiger partial charge in [0.05, 0.1) is 6.61 Å². The summed E-state index contributed by atoms with van der Waals surface area (Å²) in [6.45, 7) is 5.61. The Bertz CT molecular complexity index is 146. The number of nitrogens with one attached hydrogen (secondary N) is 2. The summed E-state index contributed by atoms with van der Waals surface area (Å²) in [5.74, 6) is 0. The molecule has 1 rings (SSSR count). The van der Waals surface area contributed by atoms with Gasteiger partial charge in [-0.15, -0.1) is 0 Å². The number of aliphatic hydroxyl groups excluding tert-OH is 1. The molecule has 0 bridgehead atoms. The molecule has 2 unspecified atom stereocenters. The highest BCUT2D eigenvalue weighted by Gasteiger charge is 2.16. The molecule has 0 aromatic rings. The third-order valence-corrected chi connectivity index (χ3v) is 2.89. The average molecular weight is 200 g/mol. The Morgan fingerprint density at radius 1 is 1.36 bits per heavy atom. The number of hydrogen-bond donors (Lipinski definition) is 3. The molecule has 3 heteroatoms. The monoisotopic (exact) mass is 200 g/mol. The summed E-state index contributed by atoms with van der Waals surface area (Å²) in [5.41, 5.74) is 0. The normalized spacial score (nSPS) is 27.2. The van der Waals surface area contributed by atoms with Crippen molar-refractivity contribution in [2.45, 2.75) is 57.7 Å². The van der Waals surface area contributed by atoms with E-state index in [1.165, 1.54) is 32.2 Å². The molecule has 1 aliphatic heterocycles. The van der Waals surface area contributed by atoms with Gasteiger partial charge < -0.3 is 15.7 Å². The molecule has 3 atom stereocenters. The van der Waals surface area contributed by atoms with Crippen molar-refractivity contribution in [3.63, 3.8) is 0 Å². The van der Waals surface area contributed by atoms with E-state index in [0.29, 0.717) is 12.1 Å². The van der Waals surface area contributed by atoms with Gasteiger partial charge in [-0.2, -0.15) is 0 Å². The molecule has 0 radical (unpaired) electrons. The van der Waals surface area contributed by atoms with Crippen molar-refractivity contribution in [1.29, 1.82) is 0 Å². The van der Waals surface area contributed by atoms with Crippen LogP contribution >= 0.6 is 0 Å². The molecular formula is C11H24N2O. The van der Waals surface area contributed by atoms with Crippen molar-refractivity contribution in [3.05, 3.63) is 0 Å². The second kappa shape index (κ2) is 6.38. The van der Waals surface area contributed by atoms with Crippen LogP contribution in [-0.4, -0.2) is 36.4 Å². The zero-order valence-corrected chi connectivity index (χ0v) is 9.42. The standard InChI is InChI=1S/C11H24N2O/c1-9(13-10(2)8-14)7-11-5-3-4-6-12-11/h9-14H,3-8H2,1-2H3/t9?,10-,11?/m1/s1. The van der Waals surface area contributed by atoms with Gasteiger partial charge in [-0.3, -0.25) is 0 Å². The lowest BCUT2D eigenvalue weighted by molar-refractivity contribution is 0.234. The van der Waals surface area contributed by atoms with E-state index in [1.807, 2.05) is 6.92 Å². The minimum Gasteiger partial charge on any atom is -0.395 e. The molecule has 0 saturated carbocycles. The first-order valence-corrected chi connectivity index (χ1v) is 5.82. The molecule has 14 heavy (non-hydrogen) atoms. The molecule has 1 fully saturated rings. The maximum atomic E-state index is 8.91. The zero-order valence-electron chi connectivity index (χ0n) is 9.42. The summed E-state index contributed by atoms with van der Waals surface area (Å²) in [6.07, 6.45) is 5.16. The third kappa shape index (κ3) is 4.40.